The third kappa shape index (κ3) is 6.38. The van der Waals surface area contributed by atoms with Crippen molar-refractivity contribution < 1.29 is 19.5 Å². The lowest BCUT2D eigenvalue weighted by Gasteiger charge is -2.38. The van der Waals surface area contributed by atoms with Crippen molar-refractivity contribution in [3.05, 3.63) is 62.5 Å². The lowest BCUT2D eigenvalue weighted by atomic mass is 9.84. The number of nitrogens with zero attached hydrogens (tertiary/aromatic N) is 2. The van der Waals surface area contributed by atoms with E-state index in [1.54, 1.807) is 0 Å². The fourth-order valence-electron chi connectivity index (χ4n) is 3.49. The van der Waals surface area contributed by atoms with E-state index in [4.69, 9.17) is 9.57 Å². The van der Waals surface area contributed by atoms with E-state index >= 15 is 0 Å². The van der Waals surface area contributed by atoms with Gasteiger partial charge in [-0.2, -0.15) is 0 Å². The summed E-state index contributed by atoms with van der Waals surface area (Å²) in [5, 5.41) is 14.6. The van der Waals surface area contributed by atoms with Gasteiger partial charge in [0.25, 0.3) is 0 Å². The number of carbonyl (C=O) groups is 1. The Morgan fingerprint density at radius 1 is 1.07 bits per heavy atom. The van der Waals surface area contributed by atoms with Crippen molar-refractivity contribution in [2.24, 2.45) is 5.16 Å². The van der Waals surface area contributed by atoms with Crippen LogP contribution in [-0.4, -0.2) is 48.8 Å². The molecule has 0 spiro atoms. The standard InChI is InChI=1S/C22H24Br2N2O4/c23-19-3-1-18(2-4-19)22(28)7-10-26(11-8-22)16-17-15-20(24)5-6-21(17)29-13-14-30-25-9-12-27/h1-6,9,12,15,28H,7-8,10-11,13-14,16H2/b25-9+. The molecule has 1 aliphatic heterocycles. The Morgan fingerprint density at radius 2 is 1.77 bits per heavy atom. The van der Waals surface area contributed by atoms with Crippen LogP contribution in [0.15, 0.2) is 56.6 Å². The lowest BCUT2D eigenvalue weighted by Crippen LogP contribution is -2.42. The summed E-state index contributed by atoms with van der Waals surface area (Å²) in [6, 6.07) is 13.8. The molecule has 3 rings (SSSR count). The van der Waals surface area contributed by atoms with E-state index in [2.05, 4.69) is 48.0 Å². The normalized spacial score (nSPS) is 16.5. The van der Waals surface area contributed by atoms with Crippen LogP contribution < -0.4 is 4.74 Å². The number of carbonyl (C=O) groups excluding carboxylic acids is 1. The Hall–Kier alpha value is -1.74. The zero-order valence-electron chi connectivity index (χ0n) is 16.5. The minimum atomic E-state index is -0.785. The molecule has 2 aromatic rings. The Balaban J connectivity index is 1.57. The third-order valence-corrected chi connectivity index (χ3v) is 6.13. The number of aldehydes is 1. The van der Waals surface area contributed by atoms with Gasteiger partial charge >= 0.3 is 0 Å². The highest BCUT2D eigenvalue weighted by Gasteiger charge is 2.34. The van der Waals surface area contributed by atoms with Gasteiger partial charge in [-0.25, -0.2) is 0 Å². The molecule has 2 aromatic carbocycles. The van der Waals surface area contributed by atoms with Crippen molar-refractivity contribution >= 4 is 44.4 Å². The predicted octanol–water partition coefficient (Wildman–Crippen LogP) is 4.28. The van der Waals surface area contributed by atoms with E-state index in [-0.39, 0.29) is 6.61 Å². The van der Waals surface area contributed by atoms with Gasteiger partial charge in [0.15, 0.2) is 12.9 Å². The van der Waals surface area contributed by atoms with Gasteiger partial charge in [-0.3, -0.25) is 9.69 Å². The van der Waals surface area contributed by atoms with E-state index in [0.29, 0.717) is 25.7 Å². The molecule has 6 nitrogen and oxygen atoms in total. The number of benzene rings is 2. The van der Waals surface area contributed by atoms with Gasteiger partial charge in [-0.15, -0.1) is 0 Å². The second kappa shape index (κ2) is 11.0. The number of hydrogen-bond donors (Lipinski definition) is 1. The van der Waals surface area contributed by atoms with Gasteiger partial charge in [0, 0.05) is 34.1 Å². The van der Waals surface area contributed by atoms with E-state index in [1.807, 2.05) is 36.4 Å². The minimum absolute atomic E-state index is 0.254. The van der Waals surface area contributed by atoms with Crippen molar-refractivity contribution in [3.63, 3.8) is 0 Å². The Morgan fingerprint density at radius 3 is 2.47 bits per heavy atom. The highest BCUT2D eigenvalue weighted by molar-refractivity contribution is 9.10. The molecule has 0 bridgehead atoms. The van der Waals surface area contributed by atoms with Crippen LogP contribution in [0.3, 0.4) is 0 Å². The third-order valence-electron chi connectivity index (χ3n) is 5.11. The number of hydrogen-bond acceptors (Lipinski definition) is 6. The fourth-order valence-corrected chi connectivity index (χ4v) is 4.17. The van der Waals surface area contributed by atoms with Gasteiger partial charge in [-0.05, 0) is 48.7 Å². The van der Waals surface area contributed by atoms with Crippen LogP contribution in [0.2, 0.25) is 0 Å². The summed E-state index contributed by atoms with van der Waals surface area (Å²) >= 11 is 6.98. The first-order valence-corrected chi connectivity index (χ1v) is 11.3. The first kappa shape index (κ1) is 22.9. The maximum absolute atomic E-state index is 11.1. The molecule has 0 aromatic heterocycles. The van der Waals surface area contributed by atoms with Crippen LogP contribution in [0, 0.1) is 0 Å². The van der Waals surface area contributed by atoms with E-state index in [9.17, 15) is 9.90 Å². The summed E-state index contributed by atoms with van der Waals surface area (Å²) in [7, 11) is 0. The lowest BCUT2D eigenvalue weighted by molar-refractivity contribution is -0.102. The van der Waals surface area contributed by atoms with Crippen molar-refractivity contribution in [1.29, 1.82) is 0 Å². The molecule has 0 saturated carbocycles. The van der Waals surface area contributed by atoms with Gasteiger partial charge in [-0.1, -0.05) is 49.1 Å². The van der Waals surface area contributed by atoms with Crippen molar-refractivity contribution in [1.82, 2.24) is 4.90 Å². The highest BCUT2D eigenvalue weighted by atomic mass is 79.9. The molecular weight excluding hydrogens is 516 g/mol. The van der Waals surface area contributed by atoms with Gasteiger partial charge in [0.05, 0.1) is 5.60 Å². The molecule has 30 heavy (non-hydrogen) atoms. The molecule has 1 fully saturated rings. The molecule has 8 heteroatoms. The molecular formula is C22H24Br2N2O4. The zero-order valence-corrected chi connectivity index (χ0v) is 19.6. The average Bonchev–Trinajstić information content (AvgIpc) is 2.74. The summed E-state index contributed by atoms with van der Waals surface area (Å²) in [5.74, 6) is 0.787. The van der Waals surface area contributed by atoms with Crippen LogP contribution in [0.25, 0.3) is 0 Å². The highest BCUT2D eigenvalue weighted by Crippen LogP contribution is 2.34. The molecule has 0 atom stereocenters. The van der Waals surface area contributed by atoms with Crippen LogP contribution in [0.1, 0.15) is 24.0 Å². The molecule has 160 valence electrons. The maximum atomic E-state index is 11.1. The van der Waals surface area contributed by atoms with Crippen LogP contribution in [0.5, 0.6) is 5.75 Å². The number of rotatable bonds is 9. The molecule has 0 amide bonds. The monoisotopic (exact) mass is 538 g/mol. The average molecular weight is 540 g/mol. The van der Waals surface area contributed by atoms with E-state index in [1.165, 1.54) is 0 Å². The van der Waals surface area contributed by atoms with Crippen molar-refractivity contribution in [2.75, 3.05) is 26.3 Å². The molecule has 1 heterocycles. The zero-order chi connectivity index (χ0) is 21.4. The number of aliphatic hydroxyl groups is 1. The van der Waals surface area contributed by atoms with Crippen LogP contribution in [0.4, 0.5) is 0 Å². The summed E-state index contributed by atoms with van der Waals surface area (Å²) in [6.45, 7) is 2.90. The van der Waals surface area contributed by atoms with E-state index in [0.717, 1.165) is 51.7 Å². The predicted molar refractivity (Wildman–Crippen MR) is 123 cm³/mol. The Kier molecular flexibility index (Phi) is 8.44. The second-order valence-electron chi connectivity index (χ2n) is 7.14. The molecule has 1 N–H and O–H groups in total. The van der Waals surface area contributed by atoms with Gasteiger partial charge in [0.1, 0.15) is 18.6 Å². The number of likely N-dealkylation sites (tertiary alicyclic amines) is 1. The minimum Gasteiger partial charge on any atom is -0.490 e. The molecule has 1 saturated heterocycles. The first-order chi connectivity index (χ1) is 14.5. The Bertz CT molecular complexity index is 866. The summed E-state index contributed by atoms with van der Waals surface area (Å²) in [6.07, 6.45) is 2.98. The van der Waals surface area contributed by atoms with Crippen molar-refractivity contribution in [2.45, 2.75) is 25.0 Å². The maximum Gasteiger partial charge on any atom is 0.164 e. The second-order valence-corrected chi connectivity index (χ2v) is 8.97. The van der Waals surface area contributed by atoms with Crippen LogP contribution in [-0.2, 0) is 21.8 Å². The largest absolute Gasteiger partial charge is 0.490 e. The number of oxime groups is 1. The topological polar surface area (TPSA) is 71.4 Å². The number of halogens is 2. The quantitative estimate of drug-likeness (QED) is 0.223. The van der Waals surface area contributed by atoms with E-state index < -0.39 is 5.60 Å². The smallest absolute Gasteiger partial charge is 0.164 e. The number of ether oxygens (including phenoxy) is 1. The molecule has 0 radical (unpaired) electrons. The van der Waals surface area contributed by atoms with Crippen molar-refractivity contribution in [3.8, 4) is 5.75 Å². The Labute approximate surface area is 193 Å². The molecule has 0 unspecified atom stereocenters. The fraction of sp³-hybridized carbons (Fsp3) is 0.364. The summed E-state index contributed by atoms with van der Waals surface area (Å²) < 4.78 is 7.84. The number of piperidine rings is 1. The van der Waals surface area contributed by atoms with Gasteiger partial charge < -0.3 is 14.7 Å². The summed E-state index contributed by atoms with van der Waals surface area (Å²) in [4.78, 5) is 17.4. The summed E-state index contributed by atoms with van der Waals surface area (Å²) in [5.41, 5.74) is 1.25. The molecule has 0 aliphatic carbocycles. The first-order valence-electron chi connectivity index (χ1n) is 9.71. The van der Waals surface area contributed by atoms with Gasteiger partial charge in [0.2, 0.25) is 0 Å². The molecule has 1 aliphatic rings. The van der Waals surface area contributed by atoms with Crippen LogP contribution >= 0.6 is 31.9 Å². The SMILES string of the molecule is O=C/C=N/OCCOc1ccc(Br)cc1CN1CCC(O)(c2ccc(Br)cc2)CC1.